The number of pyridine rings is 1. The highest BCUT2D eigenvalue weighted by Gasteiger charge is 2.18. The first-order chi connectivity index (χ1) is 9.79. The fourth-order valence-corrected chi connectivity index (χ4v) is 2.91. The summed E-state index contributed by atoms with van der Waals surface area (Å²) in [4.78, 5) is 12.0. The molecule has 1 aromatic carbocycles. The smallest absolute Gasteiger partial charge is 0.251 e. The summed E-state index contributed by atoms with van der Waals surface area (Å²) in [6.07, 6.45) is 4.60. The Morgan fingerprint density at radius 2 is 2.20 bits per heavy atom. The lowest BCUT2D eigenvalue weighted by Gasteiger charge is -2.13. The maximum Gasteiger partial charge on any atom is 0.251 e. The summed E-state index contributed by atoms with van der Waals surface area (Å²) in [5, 5.41) is 1.13. The van der Waals surface area contributed by atoms with Gasteiger partial charge >= 0.3 is 0 Å². The van der Waals surface area contributed by atoms with E-state index < -0.39 is 0 Å². The topological polar surface area (TPSA) is 31.2 Å². The van der Waals surface area contributed by atoms with Crippen molar-refractivity contribution in [2.45, 2.75) is 45.3 Å². The highest BCUT2D eigenvalue weighted by atomic mass is 16.5. The minimum Gasteiger partial charge on any atom is -0.374 e. The van der Waals surface area contributed by atoms with Gasteiger partial charge in [0.1, 0.15) is 0 Å². The third-order valence-electron chi connectivity index (χ3n) is 4.05. The molecule has 1 saturated heterocycles. The first kappa shape index (κ1) is 13.4. The maximum atomic E-state index is 12.0. The number of aromatic nitrogens is 1. The third-order valence-corrected chi connectivity index (χ3v) is 4.05. The SMILES string of the molecule is CCCCn1c(=O)ccc2cc(C3CCCO3)ccc21. The van der Waals surface area contributed by atoms with Gasteiger partial charge in [-0.2, -0.15) is 0 Å². The zero-order chi connectivity index (χ0) is 13.9. The summed E-state index contributed by atoms with van der Waals surface area (Å²) in [5.74, 6) is 0. The van der Waals surface area contributed by atoms with Gasteiger partial charge in [0.05, 0.1) is 11.6 Å². The molecule has 0 amide bonds. The van der Waals surface area contributed by atoms with Crippen molar-refractivity contribution in [3.63, 3.8) is 0 Å². The lowest BCUT2D eigenvalue weighted by atomic mass is 10.0. The van der Waals surface area contributed by atoms with Crippen molar-refractivity contribution in [1.29, 1.82) is 0 Å². The zero-order valence-corrected chi connectivity index (χ0v) is 12.0. The maximum absolute atomic E-state index is 12.0. The summed E-state index contributed by atoms with van der Waals surface area (Å²) < 4.78 is 7.63. The van der Waals surface area contributed by atoms with E-state index in [2.05, 4.69) is 25.1 Å². The molecule has 3 rings (SSSR count). The number of rotatable bonds is 4. The second-order valence-corrected chi connectivity index (χ2v) is 5.50. The largest absolute Gasteiger partial charge is 0.374 e. The lowest BCUT2D eigenvalue weighted by molar-refractivity contribution is 0.112. The average molecular weight is 271 g/mol. The van der Waals surface area contributed by atoms with Gasteiger partial charge in [-0.3, -0.25) is 4.79 Å². The second kappa shape index (κ2) is 5.80. The number of unbranched alkanes of at least 4 members (excludes halogenated alkanes) is 1. The van der Waals surface area contributed by atoms with E-state index in [0.29, 0.717) is 0 Å². The van der Waals surface area contributed by atoms with Crippen LogP contribution in [0.5, 0.6) is 0 Å². The number of ether oxygens (including phenoxy) is 1. The number of hydrogen-bond acceptors (Lipinski definition) is 2. The van der Waals surface area contributed by atoms with Crippen LogP contribution >= 0.6 is 0 Å². The molecule has 0 spiro atoms. The van der Waals surface area contributed by atoms with Crippen LogP contribution in [0.4, 0.5) is 0 Å². The number of hydrogen-bond donors (Lipinski definition) is 0. The van der Waals surface area contributed by atoms with Crippen LogP contribution in [-0.4, -0.2) is 11.2 Å². The zero-order valence-electron chi connectivity index (χ0n) is 12.0. The highest BCUT2D eigenvalue weighted by Crippen LogP contribution is 2.30. The van der Waals surface area contributed by atoms with Crippen LogP contribution in [-0.2, 0) is 11.3 Å². The quantitative estimate of drug-likeness (QED) is 0.850. The monoisotopic (exact) mass is 271 g/mol. The van der Waals surface area contributed by atoms with Crippen molar-refractivity contribution < 1.29 is 4.74 Å². The summed E-state index contributed by atoms with van der Waals surface area (Å²) in [7, 11) is 0. The molecule has 20 heavy (non-hydrogen) atoms. The molecule has 0 N–H and O–H groups in total. The molecule has 1 unspecified atom stereocenters. The van der Waals surface area contributed by atoms with Crippen LogP contribution in [0, 0.1) is 0 Å². The van der Waals surface area contributed by atoms with Crippen LogP contribution in [0.2, 0.25) is 0 Å². The molecule has 3 nitrogen and oxygen atoms in total. The van der Waals surface area contributed by atoms with Crippen LogP contribution in [0.25, 0.3) is 10.9 Å². The van der Waals surface area contributed by atoms with Gasteiger partial charge in [0, 0.05) is 19.2 Å². The summed E-state index contributed by atoms with van der Waals surface area (Å²) in [5.41, 5.74) is 2.36. The predicted octanol–water partition coefficient (Wildman–Crippen LogP) is 3.65. The van der Waals surface area contributed by atoms with Crippen molar-refractivity contribution in [3.8, 4) is 0 Å². The Bertz CT molecular complexity index is 654. The molecule has 0 saturated carbocycles. The fourth-order valence-electron chi connectivity index (χ4n) is 2.91. The molecule has 3 heteroatoms. The Hall–Kier alpha value is -1.61. The Morgan fingerprint density at radius 3 is 2.95 bits per heavy atom. The lowest BCUT2D eigenvalue weighted by Crippen LogP contribution is -2.19. The third kappa shape index (κ3) is 2.50. The molecule has 1 aliphatic rings. The predicted molar refractivity (Wildman–Crippen MR) is 81.0 cm³/mol. The molecule has 1 aliphatic heterocycles. The molecule has 0 bridgehead atoms. The second-order valence-electron chi connectivity index (χ2n) is 5.50. The van der Waals surface area contributed by atoms with Gasteiger partial charge in [-0.25, -0.2) is 0 Å². The molecule has 1 fully saturated rings. The normalized spacial score (nSPS) is 18.8. The van der Waals surface area contributed by atoms with E-state index in [1.165, 1.54) is 5.56 Å². The van der Waals surface area contributed by atoms with E-state index in [9.17, 15) is 4.79 Å². The number of benzene rings is 1. The molecule has 1 atom stereocenters. The van der Waals surface area contributed by atoms with Crippen molar-refractivity contribution in [2.24, 2.45) is 0 Å². The van der Waals surface area contributed by atoms with Gasteiger partial charge in [-0.15, -0.1) is 0 Å². The van der Waals surface area contributed by atoms with Crippen molar-refractivity contribution in [1.82, 2.24) is 4.57 Å². The molecule has 0 aliphatic carbocycles. The van der Waals surface area contributed by atoms with E-state index in [0.717, 1.165) is 49.7 Å². The van der Waals surface area contributed by atoms with Gasteiger partial charge < -0.3 is 9.30 Å². The first-order valence-electron chi connectivity index (χ1n) is 7.54. The van der Waals surface area contributed by atoms with Crippen molar-refractivity contribution in [3.05, 3.63) is 46.2 Å². The number of fused-ring (bicyclic) bond motifs is 1. The molecule has 106 valence electrons. The number of nitrogens with zero attached hydrogens (tertiary/aromatic N) is 1. The number of aryl methyl sites for hydroxylation is 1. The Labute approximate surface area is 119 Å². The minimum absolute atomic E-state index is 0.0933. The minimum atomic E-state index is 0.0933. The molecular weight excluding hydrogens is 250 g/mol. The van der Waals surface area contributed by atoms with Crippen molar-refractivity contribution in [2.75, 3.05) is 6.61 Å². The molecule has 1 aromatic heterocycles. The summed E-state index contributed by atoms with van der Waals surface area (Å²) in [6.45, 7) is 3.80. The van der Waals surface area contributed by atoms with Gasteiger partial charge in [0.15, 0.2) is 0 Å². The van der Waals surface area contributed by atoms with Gasteiger partial charge in [-0.05, 0) is 48.4 Å². The van der Waals surface area contributed by atoms with E-state index in [1.807, 2.05) is 10.6 Å². The molecule has 0 radical (unpaired) electrons. The Morgan fingerprint density at radius 1 is 1.30 bits per heavy atom. The molecule has 2 heterocycles. The Balaban J connectivity index is 2.02. The highest BCUT2D eigenvalue weighted by molar-refractivity contribution is 5.79. The summed E-state index contributed by atoms with van der Waals surface area (Å²) in [6, 6.07) is 9.96. The molecule has 2 aromatic rings. The van der Waals surface area contributed by atoms with Crippen LogP contribution < -0.4 is 5.56 Å². The van der Waals surface area contributed by atoms with Gasteiger partial charge in [0.2, 0.25) is 0 Å². The first-order valence-corrected chi connectivity index (χ1v) is 7.54. The van der Waals surface area contributed by atoms with Crippen LogP contribution in [0.15, 0.2) is 35.1 Å². The van der Waals surface area contributed by atoms with Crippen molar-refractivity contribution >= 4 is 10.9 Å². The van der Waals surface area contributed by atoms with E-state index in [1.54, 1.807) is 6.07 Å². The van der Waals surface area contributed by atoms with Gasteiger partial charge in [0.25, 0.3) is 5.56 Å². The van der Waals surface area contributed by atoms with Crippen LogP contribution in [0.3, 0.4) is 0 Å². The van der Waals surface area contributed by atoms with E-state index in [-0.39, 0.29) is 11.7 Å². The average Bonchev–Trinajstić information content (AvgIpc) is 3.00. The van der Waals surface area contributed by atoms with Crippen LogP contribution in [0.1, 0.15) is 44.3 Å². The van der Waals surface area contributed by atoms with E-state index in [4.69, 9.17) is 4.74 Å². The van der Waals surface area contributed by atoms with E-state index >= 15 is 0 Å². The fraction of sp³-hybridized carbons (Fsp3) is 0.471. The standard InChI is InChI=1S/C17H21NO2/c1-2-3-10-18-15-8-6-14(16-5-4-11-20-16)12-13(15)7-9-17(18)19/h6-9,12,16H,2-5,10-11H2,1H3. The van der Waals surface area contributed by atoms with Gasteiger partial charge in [-0.1, -0.05) is 19.4 Å². The summed E-state index contributed by atoms with van der Waals surface area (Å²) >= 11 is 0. The molecular formula is C17H21NO2. The Kier molecular flexibility index (Phi) is 3.88.